The van der Waals surface area contributed by atoms with Crippen LogP contribution in [-0.4, -0.2) is 18.5 Å². The second-order valence-corrected chi connectivity index (χ2v) is 7.49. The molecule has 27 heavy (non-hydrogen) atoms. The average Bonchev–Trinajstić information content (AvgIpc) is 3.22. The number of aryl methyl sites for hydroxylation is 1. The Balaban J connectivity index is 1.83. The van der Waals surface area contributed by atoms with Gasteiger partial charge in [-0.3, -0.25) is 4.79 Å². The molecule has 0 saturated carbocycles. The summed E-state index contributed by atoms with van der Waals surface area (Å²) in [5.41, 5.74) is 2.00. The van der Waals surface area contributed by atoms with Crippen molar-refractivity contribution < 1.29 is 18.7 Å². The van der Waals surface area contributed by atoms with Gasteiger partial charge in [0.2, 0.25) is 0 Å². The zero-order valence-electron chi connectivity index (χ0n) is 15.1. The smallest absolute Gasteiger partial charge is 0.341 e. The first-order chi connectivity index (χ1) is 12.9. The fourth-order valence-corrected chi connectivity index (χ4v) is 3.73. The Kier molecular flexibility index (Phi) is 5.68. The number of esters is 1. The third-order valence-corrected chi connectivity index (χ3v) is 5.43. The summed E-state index contributed by atoms with van der Waals surface area (Å²) in [6, 6.07) is 10.4. The van der Waals surface area contributed by atoms with Crippen molar-refractivity contribution in [2.24, 2.45) is 0 Å². The van der Waals surface area contributed by atoms with Crippen LogP contribution in [-0.2, 0) is 4.74 Å². The van der Waals surface area contributed by atoms with Crippen LogP contribution in [0.2, 0.25) is 5.02 Å². The number of furan rings is 1. The van der Waals surface area contributed by atoms with Crippen LogP contribution in [0.5, 0.6) is 0 Å². The molecule has 0 bridgehead atoms. The SMILES string of the molecule is CCOC(=O)c1c(NC(=O)c2ccc(-c3ccc(Cl)cc3)o2)sc(C)c1C. The van der Waals surface area contributed by atoms with Crippen molar-refractivity contribution >= 4 is 39.8 Å². The quantitative estimate of drug-likeness (QED) is 0.554. The van der Waals surface area contributed by atoms with Crippen molar-refractivity contribution in [2.45, 2.75) is 20.8 Å². The molecular formula is C20H18ClNO4S. The highest BCUT2D eigenvalue weighted by molar-refractivity contribution is 7.16. The minimum atomic E-state index is -0.448. The number of thiophene rings is 1. The van der Waals surface area contributed by atoms with Crippen molar-refractivity contribution in [2.75, 3.05) is 11.9 Å². The van der Waals surface area contributed by atoms with Crippen molar-refractivity contribution in [1.82, 2.24) is 0 Å². The summed E-state index contributed by atoms with van der Waals surface area (Å²) in [6.45, 7) is 5.73. The van der Waals surface area contributed by atoms with E-state index in [2.05, 4.69) is 5.32 Å². The highest BCUT2D eigenvalue weighted by Crippen LogP contribution is 2.33. The second-order valence-electron chi connectivity index (χ2n) is 5.83. The molecule has 3 rings (SSSR count). The van der Waals surface area contributed by atoms with Gasteiger partial charge in [-0.05, 0) is 62.7 Å². The number of halogens is 1. The van der Waals surface area contributed by atoms with Crippen LogP contribution in [0.3, 0.4) is 0 Å². The van der Waals surface area contributed by atoms with Gasteiger partial charge in [-0.15, -0.1) is 11.3 Å². The highest BCUT2D eigenvalue weighted by atomic mass is 35.5. The number of carbonyl (C=O) groups excluding carboxylic acids is 2. The van der Waals surface area contributed by atoms with Gasteiger partial charge in [-0.1, -0.05) is 11.6 Å². The number of hydrogen-bond acceptors (Lipinski definition) is 5. The van der Waals surface area contributed by atoms with Gasteiger partial charge in [0, 0.05) is 15.5 Å². The lowest BCUT2D eigenvalue weighted by molar-refractivity contribution is 0.0527. The van der Waals surface area contributed by atoms with Gasteiger partial charge in [0.25, 0.3) is 5.91 Å². The number of nitrogens with one attached hydrogen (secondary N) is 1. The largest absolute Gasteiger partial charge is 0.462 e. The molecule has 7 heteroatoms. The number of benzene rings is 1. The third-order valence-electron chi connectivity index (χ3n) is 4.05. The molecule has 0 aliphatic rings. The molecule has 2 heterocycles. The minimum Gasteiger partial charge on any atom is -0.462 e. The summed E-state index contributed by atoms with van der Waals surface area (Å²) in [5, 5.41) is 3.85. The maximum Gasteiger partial charge on any atom is 0.341 e. The predicted octanol–water partition coefficient (Wildman–Crippen LogP) is 5.71. The number of rotatable bonds is 5. The van der Waals surface area contributed by atoms with E-state index in [0.29, 0.717) is 21.3 Å². The molecule has 0 atom stereocenters. The zero-order chi connectivity index (χ0) is 19.6. The Morgan fingerprint density at radius 1 is 1.15 bits per heavy atom. The number of anilines is 1. The maximum absolute atomic E-state index is 12.6. The van der Waals surface area contributed by atoms with E-state index in [9.17, 15) is 9.59 Å². The summed E-state index contributed by atoms with van der Waals surface area (Å²) < 4.78 is 10.8. The van der Waals surface area contributed by atoms with Crippen LogP contribution < -0.4 is 5.32 Å². The van der Waals surface area contributed by atoms with E-state index in [1.165, 1.54) is 11.3 Å². The van der Waals surface area contributed by atoms with E-state index in [1.54, 1.807) is 31.2 Å². The molecule has 0 unspecified atom stereocenters. The van der Waals surface area contributed by atoms with Crippen molar-refractivity contribution in [3.63, 3.8) is 0 Å². The predicted molar refractivity (Wildman–Crippen MR) is 107 cm³/mol. The molecule has 0 saturated heterocycles. The standard InChI is InChI=1S/C20H18ClNO4S/c1-4-25-20(24)17-11(2)12(3)27-19(17)22-18(23)16-10-9-15(26-16)13-5-7-14(21)8-6-13/h5-10H,4H2,1-3H3,(H,22,23). The maximum atomic E-state index is 12.6. The molecule has 3 aromatic rings. The van der Waals surface area contributed by atoms with Gasteiger partial charge in [0.1, 0.15) is 10.8 Å². The molecule has 2 aromatic heterocycles. The fraction of sp³-hybridized carbons (Fsp3) is 0.200. The molecule has 5 nitrogen and oxygen atoms in total. The summed E-state index contributed by atoms with van der Waals surface area (Å²) in [7, 11) is 0. The van der Waals surface area contributed by atoms with Crippen LogP contribution >= 0.6 is 22.9 Å². The molecule has 1 N–H and O–H groups in total. The normalized spacial score (nSPS) is 10.7. The van der Waals surface area contributed by atoms with Crippen LogP contribution in [0.15, 0.2) is 40.8 Å². The van der Waals surface area contributed by atoms with E-state index in [4.69, 9.17) is 20.8 Å². The van der Waals surface area contributed by atoms with Crippen LogP contribution in [0.25, 0.3) is 11.3 Å². The topological polar surface area (TPSA) is 68.5 Å². The van der Waals surface area contributed by atoms with Gasteiger partial charge in [-0.25, -0.2) is 4.79 Å². The molecule has 1 aromatic carbocycles. The number of amides is 1. The van der Waals surface area contributed by atoms with E-state index in [-0.39, 0.29) is 12.4 Å². The Morgan fingerprint density at radius 2 is 1.85 bits per heavy atom. The third kappa shape index (κ3) is 4.07. The average molecular weight is 404 g/mol. The van der Waals surface area contributed by atoms with Crippen molar-refractivity contribution in [3.8, 4) is 11.3 Å². The van der Waals surface area contributed by atoms with Crippen molar-refractivity contribution in [1.29, 1.82) is 0 Å². The first-order valence-electron chi connectivity index (χ1n) is 8.35. The molecule has 0 aliphatic heterocycles. The monoisotopic (exact) mass is 403 g/mol. The molecular weight excluding hydrogens is 386 g/mol. The molecule has 0 fully saturated rings. The zero-order valence-corrected chi connectivity index (χ0v) is 16.7. The Hall–Kier alpha value is -2.57. The van der Waals surface area contributed by atoms with Crippen LogP contribution in [0.4, 0.5) is 5.00 Å². The second kappa shape index (κ2) is 7.98. The molecule has 140 valence electrons. The minimum absolute atomic E-state index is 0.151. The number of ether oxygens (including phenoxy) is 1. The summed E-state index contributed by atoms with van der Waals surface area (Å²) in [5.74, 6) is -0.169. The van der Waals surface area contributed by atoms with Gasteiger partial charge in [-0.2, -0.15) is 0 Å². The lowest BCUT2D eigenvalue weighted by atomic mass is 10.1. The molecule has 0 aliphatic carbocycles. The Bertz CT molecular complexity index is 988. The number of hydrogen-bond donors (Lipinski definition) is 1. The lowest BCUT2D eigenvalue weighted by Crippen LogP contribution is -2.14. The van der Waals surface area contributed by atoms with E-state index < -0.39 is 11.9 Å². The first kappa shape index (κ1) is 19.2. The van der Waals surface area contributed by atoms with E-state index in [1.807, 2.05) is 26.0 Å². The first-order valence-corrected chi connectivity index (χ1v) is 9.54. The van der Waals surface area contributed by atoms with Gasteiger partial charge in [0.05, 0.1) is 12.2 Å². The summed E-state index contributed by atoms with van der Waals surface area (Å²) >= 11 is 7.23. The van der Waals surface area contributed by atoms with E-state index >= 15 is 0 Å². The lowest BCUT2D eigenvalue weighted by Gasteiger charge is -2.06. The Morgan fingerprint density at radius 3 is 2.52 bits per heavy atom. The van der Waals surface area contributed by atoms with Crippen LogP contribution in [0.1, 0.15) is 38.3 Å². The fourth-order valence-electron chi connectivity index (χ4n) is 2.56. The van der Waals surface area contributed by atoms with Gasteiger partial charge in [0.15, 0.2) is 5.76 Å². The Labute approximate surface area is 165 Å². The van der Waals surface area contributed by atoms with Gasteiger partial charge < -0.3 is 14.5 Å². The van der Waals surface area contributed by atoms with Crippen LogP contribution in [0, 0.1) is 13.8 Å². The molecule has 0 radical (unpaired) electrons. The molecule has 1 amide bonds. The van der Waals surface area contributed by atoms with Gasteiger partial charge >= 0.3 is 5.97 Å². The number of carbonyl (C=O) groups is 2. The molecule has 0 spiro atoms. The summed E-state index contributed by atoms with van der Waals surface area (Å²) in [4.78, 5) is 25.8. The van der Waals surface area contributed by atoms with E-state index in [0.717, 1.165) is 16.0 Å². The summed E-state index contributed by atoms with van der Waals surface area (Å²) in [6.07, 6.45) is 0. The highest BCUT2D eigenvalue weighted by Gasteiger charge is 2.23. The van der Waals surface area contributed by atoms with Crippen molar-refractivity contribution in [3.05, 3.63) is 63.2 Å².